The van der Waals surface area contributed by atoms with E-state index in [4.69, 9.17) is 4.42 Å². The summed E-state index contributed by atoms with van der Waals surface area (Å²) in [5.41, 5.74) is 15.1. The maximum Gasteiger partial charge on any atom is 0.143 e. The van der Waals surface area contributed by atoms with Crippen molar-refractivity contribution in [1.29, 1.82) is 0 Å². The van der Waals surface area contributed by atoms with Crippen LogP contribution < -0.4 is 4.90 Å². The molecule has 0 amide bonds. The van der Waals surface area contributed by atoms with E-state index in [0.29, 0.717) is 0 Å². The lowest BCUT2D eigenvalue weighted by molar-refractivity contribution is 0.661. The minimum atomic E-state index is -0.198. The zero-order valence-corrected chi connectivity index (χ0v) is 30.8. The molecule has 55 heavy (non-hydrogen) atoms. The zero-order valence-electron chi connectivity index (χ0n) is 30.8. The minimum absolute atomic E-state index is 0.198. The topological polar surface area (TPSA) is 16.4 Å². The van der Waals surface area contributed by atoms with E-state index in [1.165, 1.54) is 55.2 Å². The van der Waals surface area contributed by atoms with Gasteiger partial charge in [-0.05, 0) is 97.6 Å². The molecule has 2 heteroatoms. The number of furan rings is 1. The summed E-state index contributed by atoms with van der Waals surface area (Å²) in [5, 5.41) is 7.08. The molecule has 260 valence electrons. The Hall–Kier alpha value is -6.90. The largest absolute Gasteiger partial charge is 0.455 e. The Morgan fingerprint density at radius 2 is 1.04 bits per heavy atom. The molecular weight excluding hydrogens is 667 g/mol. The maximum atomic E-state index is 6.54. The lowest BCUT2D eigenvalue weighted by atomic mass is 9.81. The van der Waals surface area contributed by atoms with Gasteiger partial charge in [0, 0.05) is 32.8 Å². The fourth-order valence-corrected chi connectivity index (χ4v) is 9.27. The fraction of sp³-hybridized carbons (Fsp3) is 0.0566. The standard InChI is InChI=1S/C53H37NO/c1-53(2)47-22-9-7-19-43(47)44-21-12-24-49(51(44)53)54(38-29-25-36(26-30-38)40-20-11-15-34-13-3-5-16-39(34)40)48-23-10-8-17-41(48)37-28-32-50-46(33-37)45-31-27-35-14-4-6-18-42(35)52(45)55-50/h3-33H,1-2H3. The highest BCUT2D eigenvalue weighted by Gasteiger charge is 2.39. The van der Waals surface area contributed by atoms with Crippen LogP contribution in [0.15, 0.2) is 192 Å². The van der Waals surface area contributed by atoms with Gasteiger partial charge in [-0.3, -0.25) is 0 Å². The van der Waals surface area contributed by atoms with Gasteiger partial charge in [-0.1, -0.05) is 159 Å². The molecule has 0 N–H and O–H groups in total. The fourth-order valence-electron chi connectivity index (χ4n) is 9.27. The van der Waals surface area contributed by atoms with Crippen LogP contribution in [-0.4, -0.2) is 0 Å². The summed E-state index contributed by atoms with van der Waals surface area (Å²) in [6, 6.07) is 68.5. The summed E-state index contributed by atoms with van der Waals surface area (Å²) in [4.78, 5) is 2.49. The van der Waals surface area contributed by atoms with Gasteiger partial charge in [0.25, 0.3) is 0 Å². The summed E-state index contributed by atoms with van der Waals surface area (Å²) >= 11 is 0. The molecule has 0 fully saturated rings. The number of hydrogen-bond donors (Lipinski definition) is 0. The number of rotatable bonds is 5. The molecule has 1 aromatic heterocycles. The van der Waals surface area contributed by atoms with Gasteiger partial charge in [-0.25, -0.2) is 0 Å². The molecule has 2 nitrogen and oxygen atoms in total. The van der Waals surface area contributed by atoms with Crippen molar-refractivity contribution in [3.05, 3.63) is 199 Å². The van der Waals surface area contributed by atoms with E-state index in [0.717, 1.165) is 49.8 Å². The van der Waals surface area contributed by atoms with Crippen LogP contribution in [0.5, 0.6) is 0 Å². The average molecular weight is 704 g/mol. The molecule has 0 spiro atoms. The molecular formula is C53H37NO. The van der Waals surface area contributed by atoms with E-state index in [2.05, 4.69) is 207 Å². The van der Waals surface area contributed by atoms with Gasteiger partial charge in [0.2, 0.25) is 0 Å². The molecule has 1 aliphatic rings. The van der Waals surface area contributed by atoms with Crippen molar-refractivity contribution in [2.75, 3.05) is 4.90 Å². The molecule has 0 saturated carbocycles. The third-order valence-corrected chi connectivity index (χ3v) is 11.8. The first-order chi connectivity index (χ1) is 27.0. The van der Waals surface area contributed by atoms with Crippen molar-refractivity contribution in [2.24, 2.45) is 0 Å². The van der Waals surface area contributed by atoms with Gasteiger partial charge in [0.1, 0.15) is 11.2 Å². The Morgan fingerprint density at radius 1 is 0.418 bits per heavy atom. The minimum Gasteiger partial charge on any atom is -0.455 e. The number of benzene rings is 9. The Bertz CT molecular complexity index is 3120. The van der Waals surface area contributed by atoms with Crippen LogP contribution in [0.4, 0.5) is 17.1 Å². The Morgan fingerprint density at radius 3 is 1.89 bits per heavy atom. The third kappa shape index (κ3) is 4.81. The summed E-state index contributed by atoms with van der Waals surface area (Å²) in [6.07, 6.45) is 0. The zero-order chi connectivity index (χ0) is 36.7. The molecule has 1 heterocycles. The van der Waals surface area contributed by atoms with Crippen LogP contribution >= 0.6 is 0 Å². The number of anilines is 3. The van der Waals surface area contributed by atoms with E-state index >= 15 is 0 Å². The first kappa shape index (κ1) is 31.6. The lowest BCUT2D eigenvalue weighted by Crippen LogP contribution is -2.21. The Kier molecular flexibility index (Phi) is 6.93. The number of para-hydroxylation sites is 1. The van der Waals surface area contributed by atoms with Crippen LogP contribution in [0.25, 0.3) is 76.9 Å². The van der Waals surface area contributed by atoms with Crippen LogP contribution in [0.3, 0.4) is 0 Å². The predicted octanol–water partition coefficient (Wildman–Crippen LogP) is 15.0. The van der Waals surface area contributed by atoms with Crippen LogP contribution in [0.1, 0.15) is 25.0 Å². The SMILES string of the molecule is CC1(C)c2ccccc2-c2cccc(N(c3ccc(-c4cccc5ccccc45)cc3)c3ccccc3-c3ccc4oc5c6ccccc6ccc5c4c3)c21. The molecule has 9 aromatic carbocycles. The van der Waals surface area contributed by atoms with Crippen LogP contribution in [0, 0.1) is 0 Å². The van der Waals surface area contributed by atoms with Crippen molar-refractivity contribution >= 4 is 60.5 Å². The van der Waals surface area contributed by atoms with E-state index in [9.17, 15) is 0 Å². The highest BCUT2D eigenvalue weighted by Crippen LogP contribution is 2.55. The van der Waals surface area contributed by atoms with Crippen molar-refractivity contribution in [2.45, 2.75) is 19.3 Å². The van der Waals surface area contributed by atoms with Gasteiger partial charge in [0.15, 0.2) is 0 Å². The van der Waals surface area contributed by atoms with Crippen LogP contribution in [0.2, 0.25) is 0 Å². The molecule has 11 rings (SSSR count). The highest BCUT2D eigenvalue weighted by atomic mass is 16.3. The first-order valence-electron chi connectivity index (χ1n) is 19.1. The van der Waals surface area contributed by atoms with Gasteiger partial charge in [-0.2, -0.15) is 0 Å². The average Bonchev–Trinajstić information content (AvgIpc) is 3.73. The summed E-state index contributed by atoms with van der Waals surface area (Å²) in [7, 11) is 0. The van der Waals surface area contributed by atoms with E-state index in [1.807, 2.05) is 0 Å². The highest BCUT2D eigenvalue weighted by molar-refractivity contribution is 6.15. The van der Waals surface area contributed by atoms with E-state index in [-0.39, 0.29) is 5.41 Å². The Balaban J connectivity index is 1.12. The van der Waals surface area contributed by atoms with Crippen molar-refractivity contribution in [3.63, 3.8) is 0 Å². The molecule has 0 unspecified atom stereocenters. The van der Waals surface area contributed by atoms with Gasteiger partial charge in [-0.15, -0.1) is 0 Å². The summed E-state index contributed by atoms with van der Waals surface area (Å²) < 4.78 is 6.54. The normalized spacial score (nSPS) is 13.1. The smallest absolute Gasteiger partial charge is 0.143 e. The number of fused-ring (bicyclic) bond motifs is 9. The van der Waals surface area contributed by atoms with E-state index in [1.54, 1.807) is 0 Å². The molecule has 0 aliphatic heterocycles. The molecule has 10 aromatic rings. The van der Waals surface area contributed by atoms with Crippen molar-refractivity contribution < 1.29 is 4.42 Å². The predicted molar refractivity (Wildman–Crippen MR) is 232 cm³/mol. The molecule has 1 aliphatic carbocycles. The summed E-state index contributed by atoms with van der Waals surface area (Å²) in [6.45, 7) is 4.74. The molecule has 0 radical (unpaired) electrons. The van der Waals surface area contributed by atoms with Crippen molar-refractivity contribution in [1.82, 2.24) is 0 Å². The number of hydrogen-bond acceptors (Lipinski definition) is 2. The van der Waals surface area contributed by atoms with Gasteiger partial charge < -0.3 is 9.32 Å². The van der Waals surface area contributed by atoms with E-state index < -0.39 is 0 Å². The lowest BCUT2D eigenvalue weighted by Gasteiger charge is -2.33. The molecule has 0 saturated heterocycles. The quantitative estimate of drug-likeness (QED) is 0.177. The second-order valence-corrected chi connectivity index (χ2v) is 15.3. The second kappa shape index (κ2) is 12.1. The van der Waals surface area contributed by atoms with Crippen molar-refractivity contribution in [3.8, 4) is 33.4 Å². The third-order valence-electron chi connectivity index (χ3n) is 11.8. The second-order valence-electron chi connectivity index (χ2n) is 15.3. The van der Waals surface area contributed by atoms with Gasteiger partial charge in [0.05, 0.1) is 11.4 Å². The Labute approximate surface area is 320 Å². The number of nitrogens with zero attached hydrogens (tertiary/aromatic N) is 1. The summed E-state index contributed by atoms with van der Waals surface area (Å²) in [5.74, 6) is 0. The first-order valence-corrected chi connectivity index (χ1v) is 19.1. The molecule has 0 atom stereocenters. The molecule has 0 bridgehead atoms. The van der Waals surface area contributed by atoms with Crippen LogP contribution in [-0.2, 0) is 5.41 Å². The maximum absolute atomic E-state index is 6.54. The monoisotopic (exact) mass is 703 g/mol. The van der Waals surface area contributed by atoms with Gasteiger partial charge >= 0.3 is 0 Å².